The van der Waals surface area contributed by atoms with Crippen LogP contribution in [0, 0.1) is 5.82 Å². The first-order valence-corrected chi connectivity index (χ1v) is 12.0. The first-order chi connectivity index (χ1) is 18.2. The van der Waals surface area contributed by atoms with E-state index in [1.165, 1.54) is 23.8 Å². The molecule has 1 aliphatic rings. The lowest BCUT2D eigenvalue weighted by atomic mass is 9.92. The number of nitrogens with one attached hydrogen (secondary N) is 1. The Morgan fingerprint density at radius 1 is 1.08 bits per heavy atom. The molecule has 0 spiro atoms. The van der Waals surface area contributed by atoms with E-state index in [2.05, 4.69) is 36.3 Å². The summed E-state index contributed by atoms with van der Waals surface area (Å²) in [5.41, 5.74) is 2.49. The van der Waals surface area contributed by atoms with Crippen LogP contribution < -0.4 is 5.32 Å². The van der Waals surface area contributed by atoms with Gasteiger partial charge in [0.05, 0.1) is 6.42 Å². The topological polar surface area (TPSA) is 116 Å². The normalized spacial score (nSPS) is 13.8. The maximum absolute atomic E-state index is 13.8. The number of carbonyl (C=O) groups excluding carboxylic acids is 2. The highest BCUT2D eigenvalue weighted by molar-refractivity contribution is 5.77. The SMILES string of the molecule is O=C(CC(Cc1nnc(CCCc2ccc3c(n2)NCCC3)o1)c1cccc(F)c1)OOC(=O)C(F)(F)F. The van der Waals surface area contributed by atoms with E-state index in [9.17, 15) is 27.2 Å². The third-order valence-corrected chi connectivity index (χ3v) is 5.88. The molecule has 1 unspecified atom stereocenters. The van der Waals surface area contributed by atoms with Crippen LogP contribution >= 0.6 is 0 Å². The number of pyridine rings is 1. The van der Waals surface area contributed by atoms with E-state index in [-0.39, 0.29) is 12.3 Å². The van der Waals surface area contributed by atoms with Crippen molar-refractivity contribution in [2.45, 2.75) is 57.0 Å². The van der Waals surface area contributed by atoms with E-state index in [4.69, 9.17) is 4.42 Å². The molecule has 0 amide bonds. The molecule has 0 aliphatic carbocycles. The molecule has 1 aromatic carbocycles. The molecule has 0 saturated heterocycles. The fourth-order valence-electron chi connectivity index (χ4n) is 4.05. The number of hydrogen-bond donors (Lipinski definition) is 1. The van der Waals surface area contributed by atoms with Crippen molar-refractivity contribution in [3.63, 3.8) is 0 Å². The van der Waals surface area contributed by atoms with Crippen LogP contribution in [0.25, 0.3) is 0 Å². The lowest BCUT2D eigenvalue weighted by molar-refractivity contribution is -0.286. The number of aryl methyl sites for hydroxylation is 3. The third-order valence-electron chi connectivity index (χ3n) is 5.88. The van der Waals surface area contributed by atoms with Gasteiger partial charge in [0, 0.05) is 31.0 Å². The molecule has 0 bridgehead atoms. The first-order valence-electron chi connectivity index (χ1n) is 12.0. The van der Waals surface area contributed by atoms with E-state index in [0.29, 0.717) is 30.7 Å². The molecule has 0 radical (unpaired) electrons. The Morgan fingerprint density at radius 2 is 1.89 bits per heavy atom. The number of carbonyl (C=O) groups is 2. The van der Waals surface area contributed by atoms with Crippen LogP contribution in [0.5, 0.6) is 0 Å². The summed E-state index contributed by atoms with van der Waals surface area (Å²) in [6.45, 7) is 0.904. The van der Waals surface area contributed by atoms with E-state index in [1.54, 1.807) is 0 Å². The molecular formula is C25H24F4N4O5. The molecule has 1 atom stereocenters. The van der Waals surface area contributed by atoms with Crippen molar-refractivity contribution in [3.8, 4) is 0 Å². The summed E-state index contributed by atoms with van der Waals surface area (Å²) in [6, 6.07) is 9.38. The minimum Gasteiger partial charge on any atom is -0.425 e. The number of anilines is 1. The maximum atomic E-state index is 13.8. The minimum atomic E-state index is -5.32. The van der Waals surface area contributed by atoms with Gasteiger partial charge in [0.2, 0.25) is 11.8 Å². The van der Waals surface area contributed by atoms with Crippen LogP contribution in [0.15, 0.2) is 40.8 Å². The number of aromatic nitrogens is 3. The highest BCUT2D eigenvalue weighted by Crippen LogP contribution is 2.26. The average Bonchev–Trinajstić information content (AvgIpc) is 3.33. The zero-order valence-corrected chi connectivity index (χ0v) is 20.1. The Morgan fingerprint density at radius 3 is 2.68 bits per heavy atom. The molecule has 0 fully saturated rings. The number of hydrogen-bond acceptors (Lipinski definition) is 9. The molecule has 202 valence electrons. The summed E-state index contributed by atoms with van der Waals surface area (Å²) < 4.78 is 56.3. The summed E-state index contributed by atoms with van der Waals surface area (Å²) in [4.78, 5) is 35.1. The van der Waals surface area contributed by atoms with Crippen LogP contribution in [0.2, 0.25) is 0 Å². The van der Waals surface area contributed by atoms with Gasteiger partial charge in [-0.3, -0.25) is 0 Å². The van der Waals surface area contributed by atoms with Crippen molar-refractivity contribution in [2.24, 2.45) is 0 Å². The van der Waals surface area contributed by atoms with Crippen molar-refractivity contribution >= 4 is 17.8 Å². The number of benzene rings is 1. The smallest absolute Gasteiger partial charge is 0.425 e. The Hall–Kier alpha value is -4.03. The Bertz CT molecular complexity index is 1280. The van der Waals surface area contributed by atoms with Crippen LogP contribution in [-0.2, 0) is 45.0 Å². The molecule has 1 aliphatic heterocycles. The van der Waals surface area contributed by atoms with Crippen molar-refractivity contribution in [1.29, 1.82) is 0 Å². The molecule has 9 nitrogen and oxygen atoms in total. The maximum Gasteiger partial charge on any atom is 0.495 e. The largest absolute Gasteiger partial charge is 0.495 e. The number of nitrogens with zero attached hydrogens (tertiary/aromatic N) is 3. The minimum absolute atomic E-state index is 0.0309. The lowest BCUT2D eigenvalue weighted by Crippen LogP contribution is -2.27. The molecule has 13 heteroatoms. The predicted octanol–water partition coefficient (Wildman–Crippen LogP) is 4.42. The molecule has 3 heterocycles. The first kappa shape index (κ1) is 27.0. The zero-order chi connectivity index (χ0) is 27.1. The second kappa shape index (κ2) is 12.0. The summed E-state index contributed by atoms with van der Waals surface area (Å²) in [5.74, 6) is -3.89. The van der Waals surface area contributed by atoms with Gasteiger partial charge in [-0.05, 0) is 55.0 Å². The van der Waals surface area contributed by atoms with Gasteiger partial charge in [-0.25, -0.2) is 28.7 Å². The van der Waals surface area contributed by atoms with Crippen LogP contribution in [0.3, 0.4) is 0 Å². The van der Waals surface area contributed by atoms with Crippen LogP contribution in [0.4, 0.5) is 23.4 Å². The summed E-state index contributed by atoms with van der Waals surface area (Å²) in [5, 5.41) is 11.3. The summed E-state index contributed by atoms with van der Waals surface area (Å²) in [7, 11) is 0. The number of halogens is 4. The molecule has 4 rings (SSSR count). The van der Waals surface area contributed by atoms with Gasteiger partial charge in [0.15, 0.2) is 0 Å². The number of rotatable bonds is 9. The lowest BCUT2D eigenvalue weighted by Gasteiger charge is -2.17. The van der Waals surface area contributed by atoms with E-state index in [0.717, 1.165) is 37.0 Å². The van der Waals surface area contributed by atoms with Gasteiger partial charge in [-0.1, -0.05) is 18.2 Å². The van der Waals surface area contributed by atoms with Gasteiger partial charge in [0.25, 0.3) is 0 Å². The van der Waals surface area contributed by atoms with Gasteiger partial charge < -0.3 is 9.73 Å². The molecule has 2 aromatic heterocycles. The fraction of sp³-hybridized carbons (Fsp3) is 0.400. The van der Waals surface area contributed by atoms with E-state index >= 15 is 0 Å². The predicted molar refractivity (Wildman–Crippen MR) is 123 cm³/mol. The van der Waals surface area contributed by atoms with Gasteiger partial charge in [-0.15, -0.1) is 10.2 Å². The third kappa shape index (κ3) is 7.49. The summed E-state index contributed by atoms with van der Waals surface area (Å²) >= 11 is 0. The Kier molecular flexibility index (Phi) is 8.54. The van der Waals surface area contributed by atoms with Crippen LogP contribution in [-0.4, -0.2) is 39.8 Å². The molecule has 38 heavy (non-hydrogen) atoms. The quantitative estimate of drug-likeness (QED) is 0.241. The number of fused-ring (bicyclic) bond motifs is 1. The average molecular weight is 536 g/mol. The van der Waals surface area contributed by atoms with Crippen LogP contribution in [0.1, 0.15) is 53.8 Å². The van der Waals surface area contributed by atoms with Crippen molar-refractivity contribution in [2.75, 3.05) is 11.9 Å². The Balaban J connectivity index is 1.34. The van der Waals surface area contributed by atoms with Crippen molar-refractivity contribution in [1.82, 2.24) is 15.2 Å². The monoisotopic (exact) mass is 536 g/mol. The van der Waals surface area contributed by atoms with Crippen molar-refractivity contribution < 1.29 is 41.3 Å². The van der Waals surface area contributed by atoms with Gasteiger partial charge >= 0.3 is 18.1 Å². The zero-order valence-electron chi connectivity index (χ0n) is 20.1. The van der Waals surface area contributed by atoms with Gasteiger partial charge in [0.1, 0.15) is 11.6 Å². The molecule has 3 aromatic rings. The van der Waals surface area contributed by atoms with Gasteiger partial charge in [-0.2, -0.15) is 13.2 Å². The highest BCUT2D eigenvalue weighted by Gasteiger charge is 2.43. The highest BCUT2D eigenvalue weighted by atomic mass is 19.4. The second-order valence-corrected chi connectivity index (χ2v) is 8.77. The van der Waals surface area contributed by atoms with Crippen molar-refractivity contribution in [3.05, 3.63) is 70.8 Å². The second-order valence-electron chi connectivity index (χ2n) is 8.77. The summed E-state index contributed by atoms with van der Waals surface area (Å²) in [6.07, 6.45) is -1.94. The molecule has 0 saturated carbocycles. The fourth-order valence-corrected chi connectivity index (χ4v) is 4.05. The van der Waals surface area contributed by atoms with E-state index in [1.807, 2.05) is 6.07 Å². The number of alkyl halides is 3. The van der Waals surface area contributed by atoms with E-state index < -0.39 is 36.3 Å². The Labute approximate surface area is 214 Å². The standard InChI is InChI=1S/C25H24F4N4O5/c26-18-6-1-4-16(12-18)17(14-22(34)37-38-24(35)25(27,28)29)13-21-33-32-20(36-21)8-2-7-19-10-9-15-5-3-11-30-23(15)31-19/h1,4,6,9-10,12,17H,2-3,5,7-8,11,13-14H2,(H,30,31). The molecule has 1 N–H and O–H groups in total. The molecular weight excluding hydrogens is 512 g/mol.